The topological polar surface area (TPSA) is 23.6 Å². The summed E-state index contributed by atoms with van der Waals surface area (Å²) in [7, 11) is 2.17. The molecule has 0 spiro atoms. The van der Waals surface area contributed by atoms with E-state index in [0.29, 0.717) is 12.1 Å². The average Bonchev–Trinajstić information content (AvgIpc) is 3.05. The normalized spacial score (nSPS) is 22.1. The predicted octanol–water partition coefficient (Wildman–Crippen LogP) is 2.45. The lowest BCUT2D eigenvalue weighted by molar-refractivity contribution is 0.0574. The zero-order chi connectivity index (χ0) is 12.5. The lowest BCUT2D eigenvalue weighted by Crippen LogP contribution is -2.47. The van der Waals surface area contributed by atoms with E-state index in [0.717, 1.165) is 30.8 Å². The van der Waals surface area contributed by atoms with Crippen LogP contribution in [0.5, 0.6) is 0 Å². The van der Waals surface area contributed by atoms with Crippen molar-refractivity contribution in [3.8, 4) is 0 Å². The number of hydrogen-bond donors (Lipinski definition) is 0. The summed E-state index contributed by atoms with van der Waals surface area (Å²) in [6, 6.07) is 4.91. The van der Waals surface area contributed by atoms with Gasteiger partial charge in [0.15, 0.2) is 0 Å². The van der Waals surface area contributed by atoms with Crippen molar-refractivity contribution in [2.45, 2.75) is 37.8 Å². The third-order valence-electron chi connectivity index (χ3n) is 3.99. The van der Waals surface area contributed by atoms with E-state index in [-0.39, 0.29) is 5.91 Å². The maximum atomic E-state index is 12.6. The lowest BCUT2D eigenvalue weighted by atomic mass is 10.0. The van der Waals surface area contributed by atoms with Crippen LogP contribution in [-0.2, 0) is 0 Å². The van der Waals surface area contributed by atoms with E-state index in [4.69, 9.17) is 0 Å². The Hall–Kier alpha value is -0.870. The first-order chi connectivity index (χ1) is 8.75. The summed E-state index contributed by atoms with van der Waals surface area (Å²) < 4.78 is 0. The largest absolute Gasteiger partial charge is 0.332 e. The minimum atomic E-state index is 0.266. The maximum Gasteiger partial charge on any atom is 0.264 e. The van der Waals surface area contributed by atoms with E-state index in [1.807, 2.05) is 17.5 Å². The molecule has 2 aliphatic rings. The zero-order valence-electron chi connectivity index (χ0n) is 10.8. The fraction of sp³-hybridized carbons (Fsp3) is 0.643. The predicted molar refractivity (Wildman–Crippen MR) is 74.0 cm³/mol. The molecule has 1 aromatic rings. The second-order valence-electron chi connectivity index (χ2n) is 5.46. The molecule has 1 aliphatic heterocycles. The third-order valence-corrected chi connectivity index (χ3v) is 4.85. The van der Waals surface area contributed by atoms with Crippen LogP contribution in [0.1, 0.15) is 35.4 Å². The SMILES string of the molecule is CN1CCC(N(C(=O)c2cccs2)C2CC2)CC1. The molecule has 1 aromatic heterocycles. The number of piperidine rings is 1. The molecule has 0 atom stereocenters. The van der Waals surface area contributed by atoms with Crippen LogP contribution in [0.15, 0.2) is 17.5 Å². The number of likely N-dealkylation sites (tertiary alicyclic amines) is 1. The highest BCUT2D eigenvalue weighted by Crippen LogP contribution is 2.33. The van der Waals surface area contributed by atoms with E-state index in [1.165, 1.54) is 12.8 Å². The highest BCUT2D eigenvalue weighted by molar-refractivity contribution is 7.12. The number of thiophene rings is 1. The molecule has 0 aromatic carbocycles. The summed E-state index contributed by atoms with van der Waals surface area (Å²) in [5, 5.41) is 1.99. The van der Waals surface area contributed by atoms with Gasteiger partial charge in [-0.1, -0.05) is 6.07 Å². The third kappa shape index (κ3) is 2.45. The summed E-state index contributed by atoms with van der Waals surface area (Å²) >= 11 is 1.57. The molecular formula is C14H20N2OS. The summed E-state index contributed by atoms with van der Waals surface area (Å²) in [5.41, 5.74) is 0. The number of nitrogens with zero attached hydrogens (tertiary/aromatic N) is 2. The van der Waals surface area contributed by atoms with Crippen LogP contribution in [-0.4, -0.2) is 47.9 Å². The van der Waals surface area contributed by atoms with Gasteiger partial charge in [0.05, 0.1) is 4.88 Å². The summed E-state index contributed by atoms with van der Waals surface area (Å²) in [4.78, 5) is 18.0. The van der Waals surface area contributed by atoms with E-state index < -0.39 is 0 Å². The van der Waals surface area contributed by atoms with Gasteiger partial charge in [-0.05, 0) is 57.3 Å². The lowest BCUT2D eigenvalue weighted by Gasteiger charge is -2.37. The fourth-order valence-corrected chi connectivity index (χ4v) is 3.45. The molecule has 4 heteroatoms. The van der Waals surface area contributed by atoms with Crippen LogP contribution in [0, 0.1) is 0 Å². The van der Waals surface area contributed by atoms with Gasteiger partial charge in [-0.25, -0.2) is 0 Å². The van der Waals surface area contributed by atoms with E-state index in [1.54, 1.807) is 11.3 Å². The van der Waals surface area contributed by atoms with Crippen LogP contribution >= 0.6 is 11.3 Å². The van der Waals surface area contributed by atoms with Gasteiger partial charge in [0.2, 0.25) is 0 Å². The first kappa shape index (κ1) is 12.2. The minimum absolute atomic E-state index is 0.266. The van der Waals surface area contributed by atoms with Gasteiger partial charge >= 0.3 is 0 Å². The van der Waals surface area contributed by atoms with Crippen LogP contribution < -0.4 is 0 Å². The van der Waals surface area contributed by atoms with Gasteiger partial charge in [-0.3, -0.25) is 4.79 Å². The Bertz CT molecular complexity index is 405. The smallest absolute Gasteiger partial charge is 0.264 e. The molecule has 2 fully saturated rings. The van der Waals surface area contributed by atoms with E-state index in [2.05, 4.69) is 16.8 Å². The molecule has 3 rings (SSSR count). The highest BCUT2D eigenvalue weighted by Gasteiger charge is 2.38. The first-order valence-electron chi connectivity index (χ1n) is 6.80. The van der Waals surface area contributed by atoms with E-state index >= 15 is 0 Å². The zero-order valence-corrected chi connectivity index (χ0v) is 11.7. The monoisotopic (exact) mass is 264 g/mol. The quantitative estimate of drug-likeness (QED) is 0.837. The summed E-state index contributed by atoms with van der Waals surface area (Å²) in [5.74, 6) is 0.266. The van der Waals surface area contributed by atoms with E-state index in [9.17, 15) is 4.79 Å². The molecule has 0 bridgehead atoms. The maximum absolute atomic E-state index is 12.6. The Morgan fingerprint density at radius 1 is 1.28 bits per heavy atom. The van der Waals surface area contributed by atoms with Crippen LogP contribution in [0.3, 0.4) is 0 Å². The molecule has 0 N–H and O–H groups in total. The Balaban J connectivity index is 1.74. The molecule has 1 saturated carbocycles. The Kier molecular flexibility index (Phi) is 3.39. The van der Waals surface area contributed by atoms with Gasteiger partial charge in [0.25, 0.3) is 5.91 Å². The molecule has 1 amide bonds. The molecule has 0 unspecified atom stereocenters. The molecule has 1 aliphatic carbocycles. The van der Waals surface area contributed by atoms with Crippen molar-refractivity contribution in [3.05, 3.63) is 22.4 Å². The Labute approximate surface area is 112 Å². The number of rotatable bonds is 3. The van der Waals surface area contributed by atoms with Crippen molar-refractivity contribution in [2.75, 3.05) is 20.1 Å². The van der Waals surface area contributed by atoms with Gasteiger partial charge in [-0.2, -0.15) is 0 Å². The van der Waals surface area contributed by atoms with Crippen LogP contribution in [0.25, 0.3) is 0 Å². The molecule has 3 nitrogen and oxygen atoms in total. The van der Waals surface area contributed by atoms with Crippen molar-refractivity contribution in [1.29, 1.82) is 0 Å². The number of carbonyl (C=O) groups excluding carboxylic acids is 1. The van der Waals surface area contributed by atoms with Crippen molar-refractivity contribution >= 4 is 17.2 Å². The van der Waals surface area contributed by atoms with Gasteiger partial charge < -0.3 is 9.80 Å². The average molecular weight is 264 g/mol. The Morgan fingerprint density at radius 2 is 1.94 bits per heavy atom. The second kappa shape index (κ2) is 5.02. The standard InChI is InChI=1S/C14H20N2OS/c1-15-8-6-12(7-9-15)16(11-4-5-11)14(17)13-3-2-10-18-13/h2-3,10-12H,4-9H2,1H3. The highest BCUT2D eigenvalue weighted by atomic mass is 32.1. The van der Waals surface area contributed by atoms with Crippen molar-refractivity contribution in [3.63, 3.8) is 0 Å². The fourth-order valence-electron chi connectivity index (χ4n) is 2.78. The van der Waals surface area contributed by atoms with Gasteiger partial charge in [0, 0.05) is 12.1 Å². The van der Waals surface area contributed by atoms with Gasteiger partial charge in [0.1, 0.15) is 0 Å². The number of carbonyl (C=O) groups is 1. The minimum Gasteiger partial charge on any atom is -0.332 e. The summed E-state index contributed by atoms with van der Waals surface area (Å²) in [6.45, 7) is 2.23. The molecule has 0 radical (unpaired) electrons. The second-order valence-corrected chi connectivity index (χ2v) is 6.40. The van der Waals surface area contributed by atoms with Crippen molar-refractivity contribution in [2.24, 2.45) is 0 Å². The first-order valence-corrected chi connectivity index (χ1v) is 7.68. The van der Waals surface area contributed by atoms with Crippen LogP contribution in [0.4, 0.5) is 0 Å². The van der Waals surface area contributed by atoms with Crippen molar-refractivity contribution < 1.29 is 4.79 Å². The Morgan fingerprint density at radius 3 is 2.50 bits per heavy atom. The number of amides is 1. The molecule has 18 heavy (non-hydrogen) atoms. The van der Waals surface area contributed by atoms with Crippen molar-refractivity contribution in [1.82, 2.24) is 9.80 Å². The van der Waals surface area contributed by atoms with Crippen LogP contribution in [0.2, 0.25) is 0 Å². The molecular weight excluding hydrogens is 244 g/mol. The number of hydrogen-bond acceptors (Lipinski definition) is 3. The summed E-state index contributed by atoms with van der Waals surface area (Å²) in [6.07, 6.45) is 4.65. The molecule has 1 saturated heterocycles. The van der Waals surface area contributed by atoms with Gasteiger partial charge in [-0.15, -0.1) is 11.3 Å². The molecule has 98 valence electrons. The molecule has 2 heterocycles.